The molecule has 0 spiro atoms. The molecule has 0 fully saturated rings. The van der Waals surface area contributed by atoms with Gasteiger partial charge in [0, 0.05) is 77.3 Å². The molecule has 7 heteroatoms. The molecule has 0 radical (unpaired) electrons. The van der Waals surface area contributed by atoms with Crippen LogP contribution in [0.25, 0.3) is 98.9 Å². The summed E-state index contributed by atoms with van der Waals surface area (Å²) in [6.45, 7) is 34.3. The summed E-state index contributed by atoms with van der Waals surface area (Å²) in [4.78, 5) is 7.29. The quantitative estimate of drug-likeness (QED) is 0.128. The Balaban J connectivity index is 0.994. The van der Waals surface area contributed by atoms with Gasteiger partial charge in [0.15, 0.2) is 16.7 Å². The first-order valence-electron chi connectivity index (χ1n) is 39.5. The van der Waals surface area contributed by atoms with Crippen LogP contribution in [0, 0.1) is 0 Å². The molecule has 0 aliphatic heterocycles. The van der Waals surface area contributed by atoms with Gasteiger partial charge in [0.05, 0.1) is 33.6 Å². The second kappa shape index (κ2) is 25.4. The van der Waals surface area contributed by atoms with Crippen molar-refractivity contribution in [2.45, 2.75) is 136 Å². The molecule has 112 heavy (non-hydrogen) atoms. The molecule has 4 heterocycles. The number of hydrogen-bond donors (Lipinski definition) is 0. The summed E-state index contributed by atoms with van der Waals surface area (Å²) in [6.07, 6.45) is 0. The molecule has 0 N–H and O–H groups in total. The Morgan fingerprint density at radius 3 is 0.911 bits per heavy atom. The maximum absolute atomic E-state index is 7.91. The molecule has 7 nitrogen and oxygen atoms in total. The summed E-state index contributed by atoms with van der Waals surface area (Å²) in [7, 11) is 0. The summed E-state index contributed by atoms with van der Waals surface area (Å²) in [6, 6.07) is 108. The fraction of sp³-hybridized carbons (Fsp3) is 0.200. The van der Waals surface area contributed by atoms with Crippen LogP contribution in [0.2, 0.25) is 0 Å². The first-order chi connectivity index (χ1) is 53.7. The molecule has 0 bridgehead atoms. The third-order valence-corrected chi connectivity index (χ3v) is 23.8. The van der Waals surface area contributed by atoms with Gasteiger partial charge in [-0.2, -0.15) is 0 Å². The summed E-state index contributed by atoms with van der Waals surface area (Å²) in [5.41, 5.74) is 25.7. The second-order valence-corrected chi connectivity index (χ2v) is 36.1. The van der Waals surface area contributed by atoms with Gasteiger partial charge in [0.2, 0.25) is 0 Å². The molecule has 0 saturated heterocycles. The molecule has 14 aromatic carbocycles. The number of fused-ring (bicyclic) bond motifs is 17. The Morgan fingerprint density at radius 1 is 0.223 bits per heavy atom. The minimum absolute atomic E-state index is 0.0437. The van der Waals surface area contributed by atoms with Crippen molar-refractivity contribution in [2.24, 2.45) is 0 Å². The van der Waals surface area contributed by atoms with E-state index in [1.54, 1.807) is 0 Å². The summed E-state index contributed by atoms with van der Waals surface area (Å²) in [5.74, 6) is 0. The van der Waals surface area contributed by atoms with Crippen LogP contribution in [0.1, 0.15) is 154 Å². The van der Waals surface area contributed by atoms with Gasteiger partial charge in [-0.3, -0.25) is 0 Å². The minimum Gasteiger partial charge on any atom is -0.455 e. The highest BCUT2D eigenvalue weighted by atomic mass is 16.3. The van der Waals surface area contributed by atoms with Gasteiger partial charge < -0.3 is 32.4 Å². The topological polar surface area (TPSA) is 62.3 Å². The smallest absolute Gasteiger partial charge is 0.160 e. The lowest BCUT2D eigenvalue weighted by molar-refractivity contribution is 0.589. The number of benzene rings is 14. The Morgan fingerprint density at radius 2 is 0.509 bits per heavy atom. The zero-order valence-corrected chi connectivity index (χ0v) is 66.7. The third kappa shape index (κ3) is 11.2. The zero-order valence-electron chi connectivity index (χ0n) is 66.7. The van der Waals surface area contributed by atoms with Gasteiger partial charge in [-0.15, -0.1) is 0 Å². The lowest BCUT2D eigenvalue weighted by Crippen LogP contribution is -2.29. The average molecular weight is 1460 g/mol. The van der Waals surface area contributed by atoms with E-state index in [9.17, 15) is 0 Å². The summed E-state index contributed by atoms with van der Waals surface area (Å²) >= 11 is 0. The molecule has 1 aliphatic carbocycles. The number of rotatable bonds is 11. The number of para-hydroxylation sites is 6. The molecule has 4 aromatic heterocycles. The van der Waals surface area contributed by atoms with Crippen LogP contribution >= 0.6 is 0 Å². The lowest BCUT2D eigenvalue weighted by atomic mass is 9.67. The minimum atomic E-state index is -1.16. The van der Waals surface area contributed by atoms with Crippen molar-refractivity contribution in [2.75, 3.05) is 14.7 Å². The van der Waals surface area contributed by atoms with Crippen LogP contribution in [-0.2, 0) is 32.5 Å². The number of hydrogen-bond acceptors (Lipinski definition) is 7. The predicted molar refractivity (Wildman–Crippen MR) is 470 cm³/mol. The molecule has 1 atom stereocenters. The van der Waals surface area contributed by atoms with Gasteiger partial charge in [-0.1, -0.05) is 286 Å². The van der Waals surface area contributed by atoms with Crippen molar-refractivity contribution in [3.63, 3.8) is 0 Å². The fourth-order valence-electron chi connectivity index (χ4n) is 17.7. The largest absolute Gasteiger partial charge is 0.455 e. The van der Waals surface area contributed by atoms with Crippen LogP contribution in [-0.4, -0.2) is 0 Å². The van der Waals surface area contributed by atoms with E-state index < -0.39 is 5.41 Å². The molecule has 1 unspecified atom stereocenters. The first kappa shape index (κ1) is 70.1. The van der Waals surface area contributed by atoms with Gasteiger partial charge >= 0.3 is 0 Å². The molecule has 0 amide bonds. The summed E-state index contributed by atoms with van der Waals surface area (Å²) < 4.78 is 30.1. The Labute approximate surface area is 656 Å². The molecule has 18 aromatic rings. The monoisotopic (exact) mass is 1460 g/mol. The summed E-state index contributed by atoms with van der Waals surface area (Å²) in [5, 5.41) is 8.06. The van der Waals surface area contributed by atoms with E-state index in [0.29, 0.717) is 0 Å². The normalized spacial score (nSPS) is 14.2. The van der Waals surface area contributed by atoms with Crippen LogP contribution in [0.15, 0.2) is 309 Å². The number of nitrogens with zero attached hydrogens (tertiary/aromatic N) is 3. The molecular weight excluding hydrogens is 1370 g/mol. The maximum atomic E-state index is 7.91. The van der Waals surface area contributed by atoms with Gasteiger partial charge in [-0.05, 0) is 186 Å². The Hall–Kier alpha value is -12.3. The number of furan rings is 4. The first-order valence-corrected chi connectivity index (χ1v) is 39.5. The van der Waals surface area contributed by atoms with E-state index in [1.165, 1.54) is 27.8 Å². The standard InChI is InChI=1S/C105H93N3O4/c1-100(2,3)64-38-40-69(41-39-64)105(70-50-60-73(61-51-70)106(71-52-42-65(43-53-71)101(4,5)6)72-54-44-66(45-55-72)102(7,8)9)82-63-87(108(75-58-48-68(49-59-75)104(13,14)15)85-33-25-31-79-77-27-17-21-35-89(77)110-97(79)85)98-93(81-29-19-23-37-91(81)111-98)94(82)95-83(105)62-86(92-80-28-18-22-36-90(80)112-99(92)95)107(74-56-46-67(47-57-74)103(10,11)12)84-32-24-30-78-76-26-16-20-34-88(76)109-96(78)84/h16-63H,1-15H3. The molecule has 552 valence electrons. The number of anilines is 9. The van der Waals surface area contributed by atoms with Gasteiger partial charge in [0.1, 0.15) is 27.9 Å². The van der Waals surface area contributed by atoms with Crippen molar-refractivity contribution in [3.8, 4) is 11.1 Å². The van der Waals surface area contributed by atoms with Crippen molar-refractivity contribution in [1.82, 2.24) is 0 Å². The van der Waals surface area contributed by atoms with Crippen molar-refractivity contribution >= 4 is 139 Å². The maximum Gasteiger partial charge on any atom is 0.160 e. The van der Waals surface area contributed by atoms with E-state index in [2.05, 4.69) is 410 Å². The van der Waals surface area contributed by atoms with Gasteiger partial charge in [-0.25, -0.2) is 0 Å². The third-order valence-electron chi connectivity index (χ3n) is 23.8. The van der Waals surface area contributed by atoms with Gasteiger partial charge in [0.25, 0.3) is 0 Å². The highest BCUT2D eigenvalue weighted by Gasteiger charge is 2.51. The van der Waals surface area contributed by atoms with Crippen LogP contribution < -0.4 is 14.7 Å². The highest BCUT2D eigenvalue weighted by molar-refractivity contribution is 6.27. The Bertz CT molecular complexity index is 6670. The fourth-order valence-corrected chi connectivity index (χ4v) is 17.7. The molecular formula is C105H93N3O4. The van der Waals surface area contributed by atoms with E-state index >= 15 is 0 Å². The van der Waals surface area contributed by atoms with E-state index in [4.69, 9.17) is 17.7 Å². The van der Waals surface area contributed by atoms with Crippen LogP contribution in [0.4, 0.5) is 51.2 Å². The Kier molecular flexibility index (Phi) is 15.9. The molecule has 1 aliphatic rings. The lowest BCUT2D eigenvalue weighted by Gasteiger charge is -2.37. The second-order valence-electron chi connectivity index (χ2n) is 36.1. The zero-order chi connectivity index (χ0) is 77.3. The van der Waals surface area contributed by atoms with Crippen molar-refractivity contribution < 1.29 is 17.7 Å². The van der Waals surface area contributed by atoms with Crippen LogP contribution in [0.5, 0.6) is 0 Å². The van der Waals surface area contributed by atoms with Crippen LogP contribution in [0.3, 0.4) is 0 Å². The molecule has 0 saturated carbocycles. The SMILES string of the molecule is CC(C)(C)c1ccc(N(c2ccc(C(C)(C)C)cc2)c2ccc(C3(c4ccc(C(C)(C)C)cc4)c4cc(N(c5ccc(C(C)(C)C)cc5)c5cccc6c5oc5ccccc56)c5c(oc6ccccc65)c4-c4c3cc(N(c3ccc(C(C)(C)C)cc3)c3cccc5c3oc3ccccc35)c3oc5ccccc5c43)cc2)cc1. The van der Waals surface area contributed by atoms with Crippen molar-refractivity contribution in [1.29, 1.82) is 0 Å². The van der Waals surface area contributed by atoms with E-state index in [-0.39, 0.29) is 27.1 Å². The highest BCUT2D eigenvalue weighted by Crippen LogP contribution is 2.66. The average Bonchev–Trinajstić information content (AvgIpc) is 1.50. The molecule has 19 rings (SSSR count). The van der Waals surface area contributed by atoms with E-state index in [1.807, 2.05) is 0 Å². The van der Waals surface area contributed by atoms with E-state index in [0.717, 1.165) is 172 Å². The van der Waals surface area contributed by atoms with Crippen molar-refractivity contribution in [3.05, 3.63) is 341 Å². The predicted octanol–water partition coefficient (Wildman–Crippen LogP) is 30.5.